The van der Waals surface area contributed by atoms with Crippen LogP contribution in [-0.4, -0.2) is 24.7 Å². The predicted molar refractivity (Wildman–Crippen MR) is 158 cm³/mol. The van der Waals surface area contributed by atoms with E-state index in [9.17, 15) is 18.3 Å². The first-order valence-corrected chi connectivity index (χ1v) is 15.8. The van der Waals surface area contributed by atoms with Crippen molar-refractivity contribution in [2.24, 2.45) is 0 Å². The van der Waals surface area contributed by atoms with Crippen LogP contribution in [0.15, 0.2) is 42.5 Å². The number of unbranched alkanes of at least 4 members (excludes halogenated alkanes) is 10. The van der Waals surface area contributed by atoms with Gasteiger partial charge < -0.3 is 10.8 Å². The molecule has 2 rings (SSSR count). The van der Waals surface area contributed by atoms with Gasteiger partial charge in [-0.1, -0.05) is 114 Å². The van der Waals surface area contributed by atoms with E-state index in [0.29, 0.717) is 12.8 Å². The van der Waals surface area contributed by atoms with Gasteiger partial charge >= 0.3 is 0 Å². The van der Waals surface area contributed by atoms with Crippen molar-refractivity contribution in [2.75, 3.05) is 10.7 Å². The molecule has 0 saturated heterocycles. The highest BCUT2D eigenvalue weighted by Gasteiger charge is 2.31. The monoisotopic (exact) mass is 565 g/mol. The number of amides is 1. The van der Waals surface area contributed by atoms with E-state index >= 15 is 0 Å². The standard InChI is InChI=1S/C29H44ClN3O4S/c1-3-5-6-7-8-9-10-11-12-13-17-20-24(4-2)38(36,37)32-33(29(35)23-18-15-14-16-19-23)27-21-25(30)26(31)22-28(27)34/h14-16,18-19,21-22,24,32,34H,3-13,17,20,31H2,1-2H3. The van der Waals surface area contributed by atoms with E-state index in [2.05, 4.69) is 11.8 Å². The summed E-state index contributed by atoms with van der Waals surface area (Å²) in [5.74, 6) is -1.01. The number of nitrogens with zero attached hydrogens (tertiary/aromatic N) is 1. The minimum Gasteiger partial charge on any atom is -0.506 e. The Bertz CT molecular complexity index is 1100. The van der Waals surface area contributed by atoms with E-state index in [0.717, 1.165) is 24.3 Å². The zero-order valence-corrected chi connectivity index (χ0v) is 24.4. The van der Waals surface area contributed by atoms with E-state index in [-0.39, 0.29) is 27.7 Å². The van der Waals surface area contributed by atoms with Crippen LogP contribution in [0.4, 0.5) is 11.4 Å². The maximum absolute atomic E-state index is 13.4. The highest BCUT2D eigenvalue weighted by Crippen LogP contribution is 2.35. The molecule has 1 unspecified atom stereocenters. The Kier molecular flexibility index (Phi) is 14.0. The van der Waals surface area contributed by atoms with E-state index < -0.39 is 21.2 Å². The van der Waals surface area contributed by atoms with Gasteiger partial charge in [-0.05, 0) is 31.0 Å². The summed E-state index contributed by atoms with van der Waals surface area (Å²) in [6.07, 6.45) is 14.0. The van der Waals surface area contributed by atoms with Crippen molar-refractivity contribution in [3.63, 3.8) is 0 Å². The summed E-state index contributed by atoms with van der Waals surface area (Å²) >= 11 is 6.15. The number of carbonyl (C=O) groups excluding carboxylic acids is 1. The lowest BCUT2D eigenvalue weighted by molar-refractivity contribution is 0.0980. The number of benzene rings is 2. The molecule has 0 aliphatic heterocycles. The van der Waals surface area contributed by atoms with Crippen LogP contribution in [0.5, 0.6) is 5.75 Å². The van der Waals surface area contributed by atoms with E-state index in [1.54, 1.807) is 30.3 Å². The van der Waals surface area contributed by atoms with Gasteiger partial charge in [0.2, 0.25) is 10.0 Å². The van der Waals surface area contributed by atoms with Crippen LogP contribution >= 0.6 is 11.6 Å². The predicted octanol–water partition coefficient (Wildman–Crippen LogP) is 7.59. The lowest BCUT2D eigenvalue weighted by atomic mass is 10.0. The summed E-state index contributed by atoms with van der Waals surface area (Å²) in [6.45, 7) is 4.05. The second-order valence-corrected chi connectivity index (χ2v) is 12.2. The van der Waals surface area contributed by atoms with Gasteiger partial charge in [-0.3, -0.25) is 4.79 Å². The third-order valence-electron chi connectivity index (χ3n) is 6.80. The van der Waals surface area contributed by atoms with Crippen LogP contribution in [-0.2, 0) is 10.0 Å². The van der Waals surface area contributed by atoms with Crippen molar-refractivity contribution in [3.05, 3.63) is 53.1 Å². The number of hydrogen-bond donors (Lipinski definition) is 3. The van der Waals surface area contributed by atoms with Gasteiger partial charge in [-0.2, -0.15) is 0 Å². The number of nitrogens with one attached hydrogen (secondary N) is 1. The number of hydrogen-bond acceptors (Lipinski definition) is 5. The molecule has 0 radical (unpaired) electrons. The molecule has 0 fully saturated rings. The number of nitrogens with two attached hydrogens (primary N) is 1. The fourth-order valence-corrected chi connectivity index (χ4v) is 6.13. The van der Waals surface area contributed by atoms with Gasteiger partial charge in [-0.25, -0.2) is 13.4 Å². The molecule has 2 aromatic rings. The molecule has 0 bridgehead atoms. The quantitative estimate of drug-likeness (QED) is 0.0978. The van der Waals surface area contributed by atoms with Gasteiger partial charge in [0.05, 0.1) is 16.0 Å². The third-order valence-corrected chi connectivity index (χ3v) is 9.01. The van der Waals surface area contributed by atoms with Crippen molar-refractivity contribution in [3.8, 4) is 5.75 Å². The van der Waals surface area contributed by atoms with Crippen LogP contribution in [0.3, 0.4) is 0 Å². The number of anilines is 2. The number of aromatic hydroxyl groups is 1. The van der Waals surface area contributed by atoms with Crippen LogP contribution < -0.4 is 15.6 Å². The average molecular weight is 566 g/mol. The summed E-state index contributed by atoms with van der Waals surface area (Å²) in [5, 5.41) is 10.8. The normalized spacial score (nSPS) is 12.4. The number of sulfonamides is 1. The molecule has 212 valence electrons. The number of phenols is 1. The Morgan fingerprint density at radius 3 is 2.05 bits per heavy atom. The Morgan fingerprint density at radius 2 is 1.50 bits per heavy atom. The maximum Gasteiger partial charge on any atom is 0.273 e. The first-order chi connectivity index (χ1) is 18.2. The molecule has 0 saturated carbocycles. The maximum atomic E-state index is 13.4. The summed E-state index contributed by atoms with van der Waals surface area (Å²) in [5.41, 5.74) is 6.05. The van der Waals surface area contributed by atoms with Gasteiger partial charge in [0.1, 0.15) is 11.4 Å². The van der Waals surface area contributed by atoms with Crippen molar-refractivity contribution in [1.82, 2.24) is 4.83 Å². The topological polar surface area (TPSA) is 113 Å². The molecule has 9 heteroatoms. The Balaban J connectivity index is 2.01. The second kappa shape index (κ2) is 16.6. The number of halogens is 1. The zero-order chi connectivity index (χ0) is 28.0. The van der Waals surface area contributed by atoms with Gasteiger partial charge in [0.25, 0.3) is 5.91 Å². The van der Waals surface area contributed by atoms with Crippen LogP contribution in [0, 0.1) is 0 Å². The van der Waals surface area contributed by atoms with Crippen molar-refractivity contribution in [1.29, 1.82) is 0 Å². The fraction of sp³-hybridized carbons (Fsp3) is 0.552. The molecule has 0 heterocycles. The first kappa shape index (κ1) is 31.9. The SMILES string of the molecule is CCCCCCCCCCCCCC(CC)S(=O)(=O)NN(C(=O)c1ccccc1)c1cc(Cl)c(N)cc1O. The molecule has 0 spiro atoms. The second-order valence-electron chi connectivity index (χ2n) is 9.86. The Morgan fingerprint density at radius 1 is 0.947 bits per heavy atom. The number of rotatable bonds is 18. The molecule has 0 aliphatic carbocycles. The molecule has 4 N–H and O–H groups in total. The number of hydrazine groups is 1. The molecule has 7 nitrogen and oxygen atoms in total. The Hall–Kier alpha value is -2.29. The molecule has 0 aliphatic rings. The summed E-state index contributed by atoms with van der Waals surface area (Å²) in [7, 11) is -3.96. The number of phenolic OH excluding ortho intramolecular Hbond substituents is 1. The molecular formula is C29H44ClN3O4S. The minimum atomic E-state index is -3.96. The van der Waals surface area contributed by atoms with Gasteiger partial charge in [0, 0.05) is 11.6 Å². The molecule has 1 atom stereocenters. The number of nitrogen functional groups attached to an aromatic ring is 1. The largest absolute Gasteiger partial charge is 0.506 e. The molecular weight excluding hydrogens is 522 g/mol. The minimum absolute atomic E-state index is 0.0915. The van der Waals surface area contributed by atoms with E-state index in [1.807, 2.05) is 6.92 Å². The van der Waals surface area contributed by atoms with Crippen LogP contribution in [0.25, 0.3) is 0 Å². The fourth-order valence-electron chi connectivity index (χ4n) is 4.47. The lowest BCUT2D eigenvalue weighted by Gasteiger charge is -2.27. The zero-order valence-electron chi connectivity index (χ0n) is 22.8. The van der Waals surface area contributed by atoms with Gasteiger partial charge in [-0.15, -0.1) is 4.83 Å². The summed E-state index contributed by atoms with van der Waals surface area (Å²) in [4.78, 5) is 15.8. The molecule has 2 aromatic carbocycles. The highest BCUT2D eigenvalue weighted by molar-refractivity contribution is 7.90. The smallest absolute Gasteiger partial charge is 0.273 e. The third kappa shape index (κ3) is 10.1. The molecule has 0 aromatic heterocycles. The highest BCUT2D eigenvalue weighted by atomic mass is 35.5. The summed E-state index contributed by atoms with van der Waals surface area (Å²) in [6, 6.07) is 10.7. The van der Waals surface area contributed by atoms with Crippen LogP contribution in [0.1, 0.15) is 108 Å². The lowest BCUT2D eigenvalue weighted by Crippen LogP contribution is -2.49. The van der Waals surface area contributed by atoms with Gasteiger partial charge in [0.15, 0.2) is 0 Å². The van der Waals surface area contributed by atoms with E-state index in [1.165, 1.54) is 63.5 Å². The van der Waals surface area contributed by atoms with Crippen molar-refractivity contribution >= 4 is 38.9 Å². The number of carbonyl (C=O) groups is 1. The van der Waals surface area contributed by atoms with E-state index in [4.69, 9.17) is 17.3 Å². The van der Waals surface area contributed by atoms with Crippen LogP contribution in [0.2, 0.25) is 5.02 Å². The van der Waals surface area contributed by atoms with Crippen molar-refractivity contribution in [2.45, 2.75) is 103 Å². The first-order valence-electron chi connectivity index (χ1n) is 13.9. The molecule has 1 amide bonds. The Labute approximate surface area is 233 Å². The molecule has 38 heavy (non-hydrogen) atoms. The average Bonchev–Trinajstić information content (AvgIpc) is 2.90. The van der Waals surface area contributed by atoms with Crippen molar-refractivity contribution < 1.29 is 18.3 Å². The summed E-state index contributed by atoms with van der Waals surface area (Å²) < 4.78 is 26.8.